The molecule has 4 nitrogen and oxygen atoms in total. The first-order valence-corrected chi connectivity index (χ1v) is 8.64. The molecule has 0 spiro atoms. The summed E-state index contributed by atoms with van der Waals surface area (Å²) in [4.78, 5) is 15.0. The lowest BCUT2D eigenvalue weighted by Gasteiger charge is -2.29. The minimum Gasteiger partial charge on any atom is -0.332 e. The largest absolute Gasteiger partial charge is 0.332 e. The quantitative estimate of drug-likeness (QED) is 0.674. The SMILES string of the molecule is CCC(C)N(Cc1ccccc1)C(=O)c1ccc(-n2cccn2)cc1. The Morgan fingerprint density at radius 1 is 1.08 bits per heavy atom. The molecule has 2 aromatic carbocycles. The van der Waals surface area contributed by atoms with E-state index >= 15 is 0 Å². The highest BCUT2D eigenvalue weighted by molar-refractivity contribution is 5.94. The van der Waals surface area contributed by atoms with Crippen LogP contribution in [0.2, 0.25) is 0 Å². The number of aromatic nitrogens is 2. The van der Waals surface area contributed by atoms with Gasteiger partial charge in [-0.2, -0.15) is 5.10 Å². The molecule has 0 radical (unpaired) electrons. The number of nitrogens with zero attached hydrogens (tertiary/aromatic N) is 3. The standard InChI is InChI=1S/C21H23N3O/c1-3-17(2)23(16-18-8-5-4-6-9-18)21(25)19-10-12-20(13-11-19)24-15-7-14-22-24/h4-15,17H,3,16H2,1-2H3. The minimum absolute atomic E-state index is 0.0604. The zero-order chi connectivity index (χ0) is 17.6. The van der Waals surface area contributed by atoms with E-state index < -0.39 is 0 Å². The summed E-state index contributed by atoms with van der Waals surface area (Å²) < 4.78 is 1.78. The number of hydrogen-bond donors (Lipinski definition) is 0. The van der Waals surface area contributed by atoms with Gasteiger partial charge in [0.1, 0.15) is 0 Å². The van der Waals surface area contributed by atoms with Crippen molar-refractivity contribution < 1.29 is 4.79 Å². The van der Waals surface area contributed by atoms with E-state index in [4.69, 9.17) is 0 Å². The summed E-state index contributed by atoms with van der Waals surface area (Å²) in [6, 6.07) is 19.8. The molecule has 0 aliphatic carbocycles. The van der Waals surface area contributed by atoms with Gasteiger partial charge in [-0.3, -0.25) is 4.79 Å². The van der Waals surface area contributed by atoms with Gasteiger partial charge in [-0.15, -0.1) is 0 Å². The van der Waals surface area contributed by atoms with Crippen molar-refractivity contribution in [3.63, 3.8) is 0 Å². The highest BCUT2D eigenvalue weighted by Crippen LogP contribution is 2.17. The van der Waals surface area contributed by atoms with Crippen LogP contribution in [-0.2, 0) is 6.54 Å². The molecule has 0 saturated heterocycles. The average molecular weight is 333 g/mol. The summed E-state index contributed by atoms with van der Waals surface area (Å²) in [7, 11) is 0. The van der Waals surface area contributed by atoms with Crippen LogP contribution in [0.1, 0.15) is 36.2 Å². The Labute approximate surface area is 148 Å². The molecule has 0 aliphatic heterocycles. The highest BCUT2D eigenvalue weighted by Gasteiger charge is 2.20. The molecule has 3 aromatic rings. The molecule has 1 heterocycles. The lowest BCUT2D eigenvalue weighted by Crippen LogP contribution is -2.37. The van der Waals surface area contributed by atoms with Crippen molar-refractivity contribution in [3.8, 4) is 5.69 Å². The first-order chi connectivity index (χ1) is 12.2. The fourth-order valence-corrected chi connectivity index (χ4v) is 2.77. The molecule has 0 N–H and O–H groups in total. The summed E-state index contributed by atoms with van der Waals surface area (Å²) in [5, 5.41) is 4.21. The van der Waals surface area contributed by atoms with Gasteiger partial charge in [0.15, 0.2) is 0 Å². The third kappa shape index (κ3) is 3.97. The Balaban J connectivity index is 1.82. The van der Waals surface area contributed by atoms with E-state index in [1.165, 1.54) is 0 Å². The van der Waals surface area contributed by atoms with E-state index in [2.05, 4.69) is 31.1 Å². The Morgan fingerprint density at radius 3 is 2.40 bits per heavy atom. The molecule has 1 amide bonds. The van der Waals surface area contributed by atoms with E-state index in [1.807, 2.05) is 59.6 Å². The molecule has 1 atom stereocenters. The number of carbonyl (C=O) groups is 1. The van der Waals surface area contributed by atoms with Gasteiger partial charge >= 0.3 is 0 Å². The lowest BCUT2D eigenvalue weighted by atomic mass is 10.1. The molecule has 0 fully saturated rings. The number of hydrogen-bond acceptors (Lipinski definition) is 2. The van der Waals surface area contributed by atoms with Crippen LogP contribution in [0.25, 0.3) is 5.69 Å². The van der Waals surface area contributed by atoms with Gasteiger partial charge in [0.25, 0.3) is 5.91 Å². The number of carbonyl (C=O) groups excluding carboxylic acids is 1. The van der Waals surface area contributed by atoms with E-state index in [-0.39, 0.29) is 11.9 Å². The Morgan fingerprint density at radius 2 is 1.80 bits per heavy atom. The first kappa shape index (κ1) is 17.0. The van der Waals surface area contributed by atoms with Gasteiger partial charge in [0.05, 0.1) is 5.69 Å². The van der Waals surface area contributed by atoms with Crippen LogP contribution in [0.5, 0.6) is 0 Å². The van der Waals surface area contributed by atoms with Gasteiger partial charge in [-0.1, -0.05) is 37.3 Å². The normalized spacial score (nSPS) is 11.9. The van der Waals surface area contributed by atoms with Crippen molar-refractivity contribution in [1.29, 1.82) is 0 Å². The van der Waals surface area contributed by atoms with Crippen molar-refractivity contribution in [2.24, 2.45) is 0 Å². The zero-order valence-corrected chi connectivity index (χ0v) is 14.7. The Bertz CT molecular complexity index is 795. The Hall–Kier alpha value is -2.88. The molecule has 3 rings (SSSR count). The average Bonchev–Trinajstić information content (AvgIpc) is 3.21. The van der Waals surface area contributed by atoms with Gasteiger partial charge in [-0.05, 0) is 49.2 Å². The van der Waals surface area contributed by atoms with Crippen LogP contribution in [0.3, 0.4) is 0 Å². The Kier molecular flexibility index (Phi) is 5.29. The highest BCUT2D eigenvalue weighted by atomic mass is 16.2. The molecule has 0 aliphatic rings. The maximum Gasteiger partial charge on any atom is 0.254 e. The zero-order valence-electron chi connectivity index (χ0n) is 14.7. The summed E-state index contributed by atoms with van der Waals surface area (Å²) >= 11 is 0. The van der Waals surface area contributed by atoms with Crippen molar-refractivity contribution in [2.45, 2.75) is 32.9 Å². The van der Waals surface area contributed by atoms with Crippen LogP contribution >= 0.6 is 0 Å². The topological polar surface area (TPSA) is 38.1 Å². The van der Waals surface area contributed by atoms with E-state index in [1.54, 1.807) is 10.9 Å². The molecule has 0 saturated carbocycles. The second-order valence-corrected chi connectivity index (χ2v) is 6.17. The summed E-state index contributed by atoms with van der Waals surface area (Å²) in [5.41, 5.74) is 2.79. The van der Waals surface area contributed by atoms with Crippen molar-refractivity contribution >= 4 is 5.91 Å². The monoisotopic (exact) mass is 333 g/mol. The summed E-state index contributed by atoms with van der Waals surface area (Å²) in [5.74, 6) is 0.0604. The molecule has 25 heavy (non-hydrogen) atoms. The number of benzene rings is 2. The minimum atomic E-state index is 0.0604. The van der Waals surface area contributed by atoms with E-state index in [0.717, 1.165) is 17.7 Å². The summed E-state index contributed by atoms with van der Waals surface area (Å²) in [6.07, 6.45) is 4.55. The van der Waals surface area contributed by atoms with Crippen molar-refractivity contribution in [1.82, 2.24) is 14.7 Å². The van der Waals surface area contributed by atoms with Crippen LogP contribution < -0.4 is 0 Å². The molecule has 0 bridgehead atoms. The van der Waals surface area contributed by atoms with E-state index in [9.17, 15) is 4.79 Å². The van der Waals surface area contributed by atoms with Crippen LogP contribution in [0, 0.1) is 0 Å². The van der Waals surface area contributed by atoms with Gasteiger partial charge in [0, 0.05) is 30.5 Å². The second kappa shape index (κ2) is 7.79. The predicted octanol–water partition coefficient (Wildman–Crippen LogP) is 4.31. The third-order valence-electron chi connectivity index (χ3n) is 4.46. The molecular formula is C21H23N3O. The van der Waals surface area contributed by atoms with Crippen molar-refractivity contribution in [2.75, 3.05) is 0 Å². The van der Waals surface area contributed by atoms with Gasteiger partial charge in [0.2, 0.25) is 0 Å². The maximum absolute atomic E-state index is 13.1. The smallest absolute Gasteiger partial charge is 0.254 e. The van der Waals surface area contributed by atoms with Gasteiger partial charge in [-0.25, -0.2) is 4.68 Å². The maximum atomic E-state index is 13.1. The molecular weight excluding hydrogens is 310 g/mol. The van der Waals surface area contributed by atoms with Gasteiger partial charge < -0.3 is 4.90 Å². The van der Waals surface area contributed by atoms with E-state index in [0.29, 0.717) is 12.1 Å². The summed E-state index contributed by atoms with van der Waals surface area (Å²) in [6.45, 7) is 4.82. The third-order valence-corrected chi connectivity index (χ3v) is 4.46. The number of rotatable bonds is 6. The van der Waals surface area contributed by atoms with Crippen molar-refractivity contribution in [3.05, 3.63) is 84.2 Å². The van der Waals surface area contributed by atoms with Crippen LogP contribution in [-0.4, -0.2) is 26.6 Å². The predicted molar refractivity (Wildman–Crippen MR) is 99.6 cm³/mol. The lowest BCUT2D eigenvalue weighted by molar-refractivity contribution is 0.0671. The second-order valence-electron chi connectivity index (χ2n) is 6.17. The molecule has 128 valence electrons. The molecule has 4 heteroatoms. The fourth-order valence-electron chi connectivity index (χ4n) is 2.77. The molecule has 1 unspecified atom stereocenters. The van der Waals surface area contributed by atoms with Crippen LogP contribution in [0.4, 0.5) is 0 Å². The molecule has 1 aromatic heterocycles. The number of amides is 1. The van der Waals surface area contributed by atoms with Crippen LogP contribution in [0.15, 0.2) is 73.1 Å². The fraction of sp³-hybridized carbons (Fsp3) is 0.238. The first-order valence-electron chi connectivity index (χ1n) is 8.64.